The number of amides is 1. The summed E-state index contributed by atoms with van der Waals surface area (Å²) >= 11 is 0. The van der Waals surface area contributed by atoms with Gasteiger partial charge < -0.3 is 20.2 Å². The first-order chi connectivity index (χ1) is 12.4. The number of fused-ring (bicyclic) bond motifs is 3. The molecule has 1 amide bonds. The fourth-order valence-corrected chi connectivity index (χ4v) is 4.08. The number of nitrogens with two attached hydrogens (primary N) is 1. The molecule has 2 aromatic heterocycles. The van der Waals surface area contributed by atoms with Crippen molar-refractivity contribution in [2.45, 2.75) is 23.8 Å². The van der Waals surface area contributed by atoms with E-state index in [1.807, 2.05) is 0 Å². The molecule has 4 N–H and O–H groups in total. The summed E-state index contributed by atoms with van der Waals surface area (Å²) in [5, 5.41) is 1.24. The monoisotopic (exact) mass is 376 g/mol. The summed E-state index contributed by atoms with van der Waals surface area (Å²) in [4.78, 5) is 18.4. The number of carbonyl (C=O) groups is 1. The number of benzene rings is 1. The molecule has 0 saturated heterocycles. The molecule has 0 bridgehead atoms. The number of rotatable bonds is 5. The Morgan fingerprint density at radius 1 is 1.31 bits per heavy atom. The summed E-state index contributed by atoms with van der Waals surface area (Å²) in [5.74, 6) is 0.169. The maximum Gasteiger partial charge on any atom is 0.411 e. The first-order valence-electron chi connectivity index (χ1n) is 7.87. The minimum absolute atomic E-state index is 0.0125. The third kappa shape index (κ3) is 2.93. The normalized spacial score (nSPS) is 14.7. The Labute approximate surface area is 148 Å². The Bertz CT molecular complexity index is 1130. The summed E-state index contributed by atoms with van der Waals surface area (Å²) in [5.41, 5.74) is 6.17. The fraction of sp³-hybridized carbons (Fsp3) is 0.250. The van der Waals surface area contributed by atoms with E-state index in [0.717, 1.165) is 12.8 Å². The van der Waals surface area contributed by atoms with E-state index in [4.69, 9.17) is 15.2 Å². The number of sulfonamides is 1. The minimum Gasteiger partial charge on any atom is -0.481 e. The van der Waals surface area contributed by atoms with Gasteiger partial charge in [-0.3, -0.25) is 0 Å². The summed E-state index contributed by atoms with van der Waals surface area (Å²) in [6, 6.07) is 6.37. The van der Waals surface area contributed by atoms with Crippen molar-refractivity contribution in [3.63, 3.8) is 0 Å². The number of hydrogen-bond acceptors (Lipinski definition) is 6. The maximum atomic E-state index is 12.5. The lowest BCUT2D eigenvalue weighted by molar-refractivity contribution is 0.209. The van der Waals surface area contributed by atoms with Gasteiger partial charge in [-0.15, -0.1) is 0 Å². The topological polar surface area (TPSA) is 136 Å². The molecule has 4 rings (SSSR count). The molecular formula is C16H16N4O5S. The van der Waals surface area contributed by atoms with E-state index in [1.165, 1.54) is 13.2 Å². The number of nitrogens with zero attached hydrogens (tertiary/aromatic N) is 1. The molecule has 0 radical (unpaired) electrons. The van der Waals surface area contributed by atoms with Gasteiger partial charge in [0.05, 0.1) is 12.0 Å². The molecule has 10 heteroatoms. The molecule has 1 saturated carbocycles. The summed E-state index contributed by atoms with van der Waals surface area (Å²) in [7, 11) is -2.17. The number of aromatic amines is 1. The molecule has 2 heterocycles. The Kier molecular flexibility index (Phi) is 3.74. The van der Waals surface area contributed by atoms with Gasteiger partial charge in [-0.05, 0) is 31.0 Å². The number of primary amides is 1. The lowest BCUT2D eigenvalue weighted by atomic mass is 10.2. The number of hydrogen-bond donors (Lipinski definition) is 3. The molecule has 1 aliphatic rings. The van der Waals surface area contributed by atoms with Crippen LogP contribution in [0.25, 0.3) is 21.8 Å². The number of aromatic nitrogens is 2. The van der Waals surface area contributed by atoms with E-state index < -0.39 is 16.1 Å². The van der Waals surface area contributed by atoms with Gasteiger partial charge in [0.15, 0.2) is 0 Å². The second-order valence-electron chi connectivity index (χ2n) is 6.04. The largest absolute Gasteiger partial charge is 0.481 e. The molecule has 0 unspecified atom stereocenters. The number of ether oxygens (including phenoxy) is 2. The van der Waals surface area contributed by atoms with Crippen LogP contribution in [-0.4, -0.2) is 37.6 Å². The van der Waals surface area contributed by atoms with Crippen molar-refractivity contribution < 1.29 is 22.7 Å². The zero-order chi connectivity index (χ0) is 18.5. The predicted octanol–water partition coefficient (Wildman–Crippen LogP) is 1.62. The van der Waals surface area contributed by atoms with Gasteiger partial charge >= 0.3 is 6.09 Å². The van der Waals surface area contributed by atoms with Gasteiger partial charge in [0.25, 0.3) is 5.88 Å². The molecule has 136 valence electrons. The molecule has 9 nitrogen and oxygen atoms in total. The Hall–Kier alpha value is -2.85. The van der Waals surface area contributed by atoms with Crippen LogP contribution in [0.1, 0.15) is 12.8 Å². The van der Waals surface area contributed by atoms with Gasteiger partial charge in [-0.1, -0.05) is 0 Å². The Morgan fingerprint density at radius 2 is 2.08 bits per heavy atom. The molecule has 3 aromatic rings. The van der Waals surface area contributed by atoms with Crippen molar-refractivity contribution >= 4 is 37.9 Å². The van der Waals surface area contributed by atoms with E-state index in [-0.39, 0.29) is 22.7 Å². The van der Waals surface area contributed by atoms with Gasteiger partial charge in [0, 0.05) is 28.4 Å². The Balaban J connectivity index is 1.91. The van der Waals surface area contributed by atoms with Crippen LogP contribution in [0.5, 0.6) is 11.8 Å². The quantitative estimate of drug-likeness (QED) is 0.619. The first-order valence-corrected chi connectivity index (χ1v) is 9.36. The van der Waals surface area contributed by atoms with Gasteiger partial charge in [-0.25, -0.2) is 17.9 Å². The highest BCUT2D eigenvalue weighted by molar-refractivity contribution is 7.89. The summed E-state index contributed by atoms with van der Waals surface area (Å²) in [6.45, 7) is 0. The van der Waals surface area contributed by atoms with Crippen molar-refractivity contribution in [3.8, 4) is 11.8 Å². The van der Waals surface area contributed by atoms with E-state index in [2.05, 4.69) is 14.7 Å². The smallest absolute Gasteiger partial charge is 0.411 e. The number of carbonyl (C=O) groups excluding carboxylic acids is 1. The standard InChI is InChI=1S/C16H16N4O5S/c1-24-13-7-11-10-6-9(26(22,23)20-8-2-3-8)4-5-12(10)18-14(11)15(19-13)25-16(17)21/h4-8,18,20H,2-3H2,1H3,(H2,17,21). The predicted molar refractivity (Wildman–Crippen MR) is 93.7 cm³/mol. The number of nitrogens with one attached hydrogen (secondary N) is 2. The second-order valence-corrected chi connectivity index (χ2v) is 7.76. The van der Waals surface area contributed by atoms with Crippen LogP contribution < -0.4 is 19.9 Å². The van der Waals surface area contributed by atoms with Crippen molar-refractivity contribution in [3.05, 3.63) is 24.3 Å². The van der Waals surface area contributed by atoms with Crippen LogP contribution in [0.3, 0.4) is 0 Å². The molecule has 0 atom stereocenters. The van der Waals surface area contributed by atoms with Crippen LogP contribution in [0.4, 0.5) is 4.79 Å². The van der Waals surface area contributed by atoms with Crippen molar-refractivity contribution in [2.24, 2.45) is 5.73 Å². The Morgan fingerprint density at radius 3 is 2.73 bits per heavy atom. The van der Waals surface area contributed by atoms with Crippen molar-refractivity contribution in [2.75, 3.05) is 7.11 Å². The van der Waals surface area contributed by atoms with E-state index >= 15 is 0 Å². The first kappa shape index (κ1) is 16.6. The average Bonchev–Trinajstić information content (AvgIpc) is 3.31. The summed E-state index contributed by atoms with van der Waals surface area (Å²) in [6.07, 6.45) is 0.693. The zero-order valence-corrected chi connectivity index (χ0v) is 14.6. The zero-order valence-electron chi connectivity index (χ0n) is 13.8. The number of pyridine rings is 1. The molecule has 1 fully saturated rings. The fourth-order valence-electron chi connectivity index (χ4n) is 2.75. The molecule has 1 aromatic carbocycles. The van der Waals surface area contributed by atoms with Crippen LogP contribution in [0.15, 0.2) is 29.2 Å². The van der Waals surface area contributed by atoms with Crippen LogP contribution in [0.2, 0.25) is 0 Å². The van der Waals surface area contributed by atoms with Gasteiger partial charge in [0.2, 0.25) is 15.9 Å². The van der Waals surface area contributed by atoms with E-state index in [0.29, 0.717) is 21.8 Å². The van der Waals surface area contributed by atoms with Gasteiger partial charge in [-0.2, -0.15) is 4.98 Å². The van der Waals surface area contributed by atoms with E-state index in [1.54, 1.807) is 18.2 Å². The minimum atomic E-state index is -3.60. The molecule has 0 aliphatic heterocycles. The summed E-state index contributed by atoms with van der Waals surface area (Å²) < 4.78 is 37.7. The molecule has 26 heavy (non-hydrogen) atoms. The highest BCUT2D eigenvalue weighted by atomic mass is 32.2. The highest BCUT2D eigenvalue weighted by Crippen LogP contribution is 2.34. The van der Waals surface area contributed by atoms with Crippen LogP contribution >= 0.6 is 0 Å². The van der Waals surface area contributed by atoms with E-state index in [9.17, 15) is 13.2 Å². The average molecular weight is 376 g/mol. The van der Waals surface area contributed by atoms with Gasteiger partial charge in [0.1, 0.15) is 5.52 Å². The lowest BCUT2D eigenvalue weighted by Gasteiger charge is -2.06. The SMILES string of the molecule is COc1cc2c([nH]c3ccc(S(=O)(=O)NC4CC4)cc32)c(OC(N)=O)n1. The second kappa shape index (κ2) is 5.85. The third-order valence-corrected chi connectivity index (χ3v) is 5.64. The number of H-pyrrole nitrogens is 1. The van der Waals surface area contributed by atoms with Crippen LogP contribution in [0, 0.1) is 0 Å². The highest BCUT2D eigenvalue weighted by Gasteiger charge is 2.28. The lowest BCUT2D eigenvalue weighted by Crippen LogP contribution is -2.25. The molecule has 0 spiro atoms. The molecule has 1 aliphatic carbocycles. The van der Waals surface area contributed by atoms with Crippen molar-refractivity contribution in [1.82, 2.24) is 14.7 Å². The number of methoxy groups -OCH3 is 1. The third-order valence-electron chi connectivity index (χ3n) is 4.12. The maximum absolute atomic E-state index is 12.5. The molecular weight excluding hydrogens is 360 g/mol. The van der Waals surface area contributed by atoms with Crippen molar-refractivity contribution in [1.29, 1.82) is 0 Å². The van der Waals surface area contributed by atoms with Crippen LogP contribution in [-0.2, 0) is 10.0 Å².